The first-order chi connectivity index (χ1) is 13.4. The number of benzene rings is 2. The van der Waals surface area contributed by atoms with E-state index in [4.69, 9.17) is 0 Å². The predicted octanol–water partition coefficient (Wildman–Crippen LogP) is 3.02. The smallest absolute Gasteiger partial charge is 0.295 e. The number of imidazole rings is 1. The van der Waals surface area contributed by atoms with Crippen LogP contribution in [0.15, 0.2) is 57.0 Å². The maximum atomic E-state index is 12.8. The van der Waals surface area contributed by atoms with Gasteiger partial charge in [0, 0.05) is 29.6 Å². The molecular weight excluding hydrogens is 469 g/mol. The van der Waals surface area contributed by atoms with E-state index >= 15 is 0 Å². The van der Waals surface area contributed by atoms with Gasteiger partial charge in [-0.2, -0.15) is 0 Å². The fourth-order valence-electron chi connectivity index (χ4n) is 3.20. The summed E-state index contributed by atoms with van der Waals surface area (Å²) < 4.78 is 5.79. The third kappa shape index (κ3) is 3.03. The zero-order chi connectivity index (χ0) is 20.0. The van der Waals surface area contributed by atoms with Crippen LogP contribution in [-0.4, -0.2) is 25.1 Å². The molecule has 0 atom stereocenters. The van der Waals surface area contributed by atoms with E-state index < -0.39 is 0 Å². The van der Waals surface area contributed by atoms with E-state index in [1.807, 2.05) is 49.4 Å². The highest BCUT2D eigenvalue weighted by Crippen LogP contribution is 2.20. The minimum absolute atomic E-state index is 0.0852. The quantitative estimate of drug-likeness (QED) is 0.357. The Balaban J connectivity index is 1.73. The first-order valence-electron chi connectivity index (χ1n) is 8.64. The monoisotopic (exact) mass is 487 g/mol. The average molecular weight is 487 g/mol. The second-order valence-electron chi connectivity index (χ2n) is 6.60. The second kappa shape index (κ2) is 6.93. The minimum Gasteiger partial charge on any atom is -0.295 e. The number of hydrogen-bond acceptors (Lipinski definition) is 3. The van der Waals surface area contributed by atoms with Crippen molar-refractivity contribution in [3.63, 3.8) is 0 Å². The number of aromatic amines is 1. The lowest BCUT2D eigenvalue weighted by Gasteiger charge is -2.00. The van der Waals surface area contributed by atoms with Crippen LogP contribution >= 0.6 is 22.6 Å². The third-order valence-electron chi connectivity index (χ3n) is 4.80. The topological polar surface area (TPSA) is 77.1 Å². The van der Waals surface area contributed by atoms with Crippen LogP contribution in [0.5, 0.6) is 0 Å². The number of aryl methyl sites for hydroxylation is 3. The number of rotatable bonds is 3. The molecule has 28 heavy (non-hydrogen) atoms. The summed E-state index contributed by atoms with van der Waals surface area (Å²) in [6.07, 6.45) is 1.57. The molecule has 0 spiro atoms. The highest BCUT2D eigenvalue weighted by atomic mass is 127. The Kier molecular flexibility index (Phi) is 4.58. The Morgan fingerprint density at radius 1 is 1.00 bits per heavy atom. The molecule has 2 heterocycles. The van der Waals surface area contributed by atoms with Crippen molar-refractivity contribution in [2.24, 2.45) is 19.1 Å². The molecule has 1 N–H and O–H groups in total. The Bertz CT molecular complexity index is 1340. The van der Waals surface area contributed by atoms with Gasteiger partial charge in [0.05, 0.1) is 28.0 Å². The Morgan fingerprint density at radius 3 is 2.39 bits per heavy atom. The van der Waals surface area contributed by atoms with Gasteiger partial charge in [-0.15, -0.1) is 0 Å². The lowest BCUT2D eigenvalue weighted by Crippen LogP contribution is -2.19. The molecule has 0 aliphatic carbocycles. The van der Waals surface area contributed by atoms with Crippen molar-refractivity contribution in [2.45, 2.75) is 6.92 Å². The van der Waals surface area contributed by atoms with Crippen molar-refractivity contribution < 1.29 is 0 Å². The first-order valence-corrected chi connectivity index (χ1v) is 9.72. The molecule has 0 saturated carbocycles. The van der Waals surface area contributed by atoms with Crippen LogP contribution in [-0.2, 0) is 14.1 Å². The van der Waals surface area contributed by atoms with Crippen LogP contribution in [0.25, 0.3) is 16.7 Å². The summed E-state index contributed by atoms with van der Waals surface area (Å²) in [6.45, 7) is 1.84. The number of nitrogens with zero attached hydrogens (tertiary/aromatic N) is 4. The van der Waals surface area contributed by atoms with E-state index in [1.165, 1.54) is 4.68 Å². The number of aromatic nitrogens is 4. The summed E-state index contributed by atoms with van der Waals surface area (Å²) in [4.78, 5) is 29.3. The zero-order valence-electron chi connectivity index (χ0n) is 15.6. The highest BCUT2D eigenvalue weighted by molar-refractivity contribution is 14.1. The van der Waals surface area contributed by atoms with Gasteiger partial charge in [-0.3, -0.25) is 24.0 Å². The standard InChI is InChI=1S/C20H18IN5O2/c1-12-16(19(27)26(23-12)15-7-4-13(21)5-8-15)11-22-14-6-9-17-18(10-14)25(3)20(28)24(17)2/h4-11,23H,1-3H3. The Labute approximate surface area is 174 Å². The van der Waals surface area contributed by atoms with Crippen LogP contribution in [0.4, 0.5) is 5.69 Å². The normalized spacial score (nSPS) is 11.7. The summed E-state index contributed by atoms with van der Waals surface area (Å²) >= 11 is 2.23. The van der Waals surface area contributed by atoms with Crippen molar-refractivity contribution in [3.8, 4) is 5.69 Å². The number of halogens is 1. The molecule has 0 unspecified atom stereocenters. The van der Waals surface area contributed by atoms with E-state index in [0.717, 1.165) is 26.0 Å². The van der Waals surface area contributed by atoms with Crippen molar-refractivity contribution in [1.82, 2.24) is 18.9 Å². The number of fused-ring (bicyclic) bond motifs is 1. The maximum Gasteiger partial charge on any atom is 0.328 e. The number of nitrogens with one attached hydrogen (secondary N) is 1. The molecular formula is C20H18IN5O2. The van der Waals surface area contributed by atoms with Gasteiger partial charge in [0.2, 0.25) is 0 Å². The summed E-state index contributed by atoms with van der Waals surface area (Å²) in [6, 6.07) is 13.2. The van der Waals surface area contributed by atoms with Gasteiger partial charge in [-0.25, -0.2) is 9.48 Å². The number of H-pyrrole nitrogens is 1. The molecule has 4 aromatic rings. The molecule has 2 aromatic carbocycles. The highest BCUT2D eigenvalue weighted by Gasteiger charge is 2.11. The Hall–Kier alpha value is -2.88. The number of hydrogen-bond donors (Lipinski definition) is 1. The van der Waals surface area contributed by atoms with Crippen molar-refractivity contribution in [2.75, 3.05) is 0 Å². The van der Waals surface area contributed by atoms with Gasteiger partial charge in [0.1, 0.15) is 0 Å². The predicted molar refractivity (Wildman–Crippen MR) is 119 cm³/mol. The van der Waals surface area contributed by atoms with Crippen LogP contribution in [0.2, 0.25) is 0 Å². The maximum absolute atomic E-state index is 12.8. The lowest BCUT2D eigenvalue weighted by atomic mass is 10.2. The SMILES string of the molecule is Cc1[nH]n(-c2ccc(I)cc2)c(=O)c1C=Nc1ccc2c(c1)n(C)c(=O)n2C. The molecule has 142 valence electrons. The van der Waals surface area contributed by atoms with Gasteiger partial charge in [-0.1, -0.05) is 0 Å². The molecule has 0 radical (unpaired) electrons. The number of aliphatic imine (C=N–C) groups is 1. The van der Waals surface area contributed by atoms with E-state index in [1.54, 1.807) is 29.4 Å². The van der Waals surface area contributed by atoms with Crippen LogP contribution < -0.4 is 11.2 Å². The van der Waals surface area contributed by atoms with Crippen LogP contribution in [0, 0.1) is 10.5 Å². The summed E-state index contributed by atoms with van der Waals surface area (Å²) in [5.41, 5.74) is 4.08. The molecule has 0 bridgehead atoms. The van der Waals surface area contributed by atoms with Crippen LogP contribution in [0.1, 0.15) is 11.3 Å². The van der Waals surface area contributed by atoms with Crippen molar-refractivity contribution in [3.05, 3.63) is 78.1 Å². The van der Waals surface area contributed by atoms with Crippen LogP contribution in [0.3, 0.4) is 0 Å². The molecule has 0 saturated heterocycles. The zero-order valence-corrected chi connectivity index (χ0v) is 17.8. The van der Waals surface area contributed by atoms with Crippen molar-refractivity contribution >= 4 is 45.5 Å². The van der Waals surface area contributed by atoms with Gasteiger partial charge >= 0.3 is 5.69 Å². The minimum atomic E-state index is -0.157. The van der Waals surface area contributed by atoms with Gasteiger partial charge in [-0.05, 0) is 72.0 Å². The third-order valence-corrected chi connectivity index (χ3v) is 5.52. The summed E-state index contributed by atoms with van der Waals surface area (Å²) in [5.74, 6) is 0. The molecule has 8 heteroatoms. The summed E-state index contributed by atoms with van der Waals surface area (Å²) in [7, 11) is 3.47. The van der Waals surface area contributed by atoms with Crippen molar-refractivity contribution in [1.29, 1.82) is 0 Å². The fourth-order valence-corrected chi connectivity index (χ4v) is 3.56. The van der Waals surface area contributed by atoms with Gasteiger partial charge in [0.15, 0.2) is 0 Å². The second-order valence-corrected chi connectivity index (χ2v) is 7.84. The molecule has 7 nitrogen and oxygen atoms in total. The largest absolute Gasteiger partial charge is 0.328 e. The van der Waals surface area contributed by atoms with E-state index in [0.29, 0.717) is 11.3 Å². The molecule has 0 fully saturated rings. The Morgan fingerprint density at radius 2 is 1.68 bits per heavy atom. The first kappa shape index (κ1) is 18.5. The molecule has 0 amide bonds. The molecule has 0 aliphatic rings. The molecule has 4 rings (SSSR count). The molecule has 2 aromatic heterocycles. The fraction of sp³-hybridized carbons (Fsp3) is 0.150. The summed E-state index contributed by atoms with van der Waals surface area (Å²) in [5, 5.41) is 3.10. The molecule has 0 aliphatic heterocycles. The van der Waals surface area contributed by atoms with Gasteiger partial charge in [0.25, 0.3) is 5.56 Å². The van der Waals surface area contributed by atoms with E-state index in [-0.39, 0.29) is 11.2 Å². The lowest BCUT2D eigenvalue weighted by molar-refractivity contribution is 0.795. The average Bonchev–Trinajstić information content (AvgIpc) is 3.09. The van der Waals surface area contributed by atoms with Gasteiger partial charge < -0.3 is 0 Å². The van der Waals surface area contributed by atoms with E-state index in [2.05, 4.69) is 32.7 Å². The van der Waals surface area contributed by atoms with E-state index in [9.17, 15) is 9.59 Å².